The summed E-state index contributed by atoms with van der Waals surface area (Å²) in [5.41, 5.74) is 0.912. The summed E-state index contributed by atoms with van der Waals surface area (Å²) >= 11 is 12.2. The van der Waals surface area contributed by atoms with Crippen LogP contribution in [0, 0.1) is 29.5 Å². The molecule has 0 atom stereocenters. The van der Waals surface area contributed by atoms with Crippen LogP contribution in [0.5, 0.6) is 5.75 Å². The van der Waals surface area contributed by atoms with Crippen molar-refractivity contribution in [1.82, 2.24) is 0 Å². The monoisotopic (exact) mass is 345 g/mol. The van der Waals surface area contributed by atoms with Gasteiger partial charge < -0.3 is 4.74 Å². The summed E-state index contributed by atoms with van der Waals surface area (Å²) < 4.78 is 19.1. The molecule has 0 radical (unpaired) electrons. The fourth-order valence-corrected chi connectivity index (χ4v) is 2.54. The highest BCUT2D eigenvalue weighted by molar-refractivity contribution is 6.37. The molecule has 0 bridgehead atoms. The number of terminal acetylenes is 1. The Kier molecular flexibility index (Phi) is 5.66. The Morgan fingerprint density at radius 2 is 1.91 bits per heavy atom. The van der Waals surface area contributed by atoms with Crippen molar-refractivity contribution in [3.8, 4) is 24.2 Å². The molecule has 5 heteroatoms. The molecule has 0 fully saturated rings. The Labute approximate surface area is 143 Å². The Hall–Kier alpha value is -2.46. The lowest BCUT2D eigenvalue weighted by Crippen LogP contribution is -1.95. The van der Waals surface area contributed by atoms with Crippen LogP contribution < -0.4 is 4.74 Å². The van der Waals surface area contributed by atoms with Gasteiger partial charge >= 0.3 is 0 Å². The number of hydrogen-bond acceptors (Lipinski definition) is 2. The van der Waals surface area contributed by atoms with Gasteiger partial charge in [-0.2, -0.15) is 5.26 Å². The number of rotatable bonds is 4. The summed E-state index contributed by atoms with van der Waals surface area (Å²) in [5.74, 6) is 2.11. The van der Waals surface area contributed by atoms with Crippen LogP contribution in [-0.2, 0) is 0 Å². The normalized spacial score (nSPS) is 10.7. The zero-order valence-electron chi connectivity index (χ0n) is 11.8. The van der Waals surface area contributed by atoms with E-state index in [2.05, 4.69) is 5.92 Å². The molecule has 2 aromatic carbocycles. The lowest BCUT2D eigenvalue weighted by molar-refractivity contribution is 0.371. The van der Waals surface area contributed by atoms with Crippen molar-refractivity contribution in [2.45, 2.75) is 0 Å². The third kappa shape index (κ3) is 4.05. The van der Waals surface area contributed by atoms with Crippen molar-refractivity contribution in [2.75, 3.05) is 6.61 Å². The van der Waals surface area contributed by atoms with E-state index in [1.807, 2.05) is 6.07 Å². The Balaban J connectivity index is 2.44. The molecule has 2 rings (SSSR count). The molecule has 114 valence electrons. The van der Waals surface area contributed by atoms with Crippen molar-refractivity contribution in [1.29, 1.82) is 5.26 Å². The van der Waals surface area contributed by atoms with E-state index in [9.17, 15) is 9.65 Å². The standard InChI is InChI=1S/C18H10Cl2FNO/c1-2-7-23-18-15(19)9-12(10-16(18)20)8-13(11-22)14-5-3-4-6-17(14)21/h1,3-6,8-10H,7H2. The van der Waals surface area contributed by atoms with Crippen LogP contribution >= 0.6 is 23.2 Å². The van der Waals surface area contributed by atoms with Crippen molar-refractivity contribution >= 4 is 34.9 Å². The number of hydrogen-bond donors (Lipinski definition) is 0. The predicted molar refractivity (Wildman–Crippen MR) is 90.7 cm³/mol. The van der Waals surface area contributed by atoms with E-state index in [-0.39, 0.29) is 33.5 Å². The van der Waals surface area contributed by atoms with Gasteiger partial charge in [-0.1, -0.05) is 47.3 Å². The van der Waals surface area contributed by atoms with Crippen LogP contribution in [0.25, 0.3) is 11.6 Å². The molecular weight excluding hydrogens is 336 g/mol. The maximum absolute atomic E-state index is 13.8. The maximum atomic E-state index is 13.8. The smallest absolute Gasteiger partial charge is 0.157 e. The molecule has 2 nitrogen and oxygen atoms in total. The van der Waals surface area contributed by atoms with Crippen LogP contribution in [0.15, 0.2) is 36.4 Å². The highest BCUT2D eigenvalue weighted by Gasteiger charge is 2.11. The second kappa shape index (κ2) is 7.70. The number of ether oxygens (including phenoxy) is 1. The highest BCUT2D eigenvalue weighted by atomic mass is 35.5. The molecule has 0 heterocycles. The van der Waals surface area contributed by atoms with E-state index in [1.54, 1.807) is 24.3 Å². The summed E-state index contributed by atoms with van der Waals surface area (Å²) in [6.45, 7) is 0.0350. The highest BCUT2D eigenvalue weighted by Crippen LogP contribution is 2.35. The van der Waals surface area contributed by atoms with Crippen LogP contribution in [0.2, 0.25) is 10.0 Å². The zero-order valence-corrected chi connectivity index (χ0v) is 13.3. The van der Waals surface area contributed by atoms with Crippen molar-refractivity contribution in [3.05, 3.63) is 63.4 Å². The third-order valence-electron chi connectivity index (χ3n) is 2.92. The molecule has 0 aromatic heterocycles. The quantitative estimate of drug-likeness (QED) is 0.433. The first kappa shape index (κ1) is 16.9. The average molecular weight is 346 g/mol. The van der Waals surface area contributed by atoms with Gasteiger partial charge in [-0.05, 0) is 29.8 Å². The SMILES string of the molecule is C#CCOc1c(Cl)cc(C=C(C#N)c2ccccc2F)cc1Cl. The summed E-state index contributed by atoms with van der Waals surface area (Å²) in [6.07, 6.45) is 6.63. The van der Waals surface area contributed by atoms with E-state index >= 15 is 0 Å². The first-order valence-corrected chi connectivity index (χ1v) is 7.24. The Bertz CT molecular complexity index is 824. The Morgan fingerprint density at radius 3 is 2.48 bits per heavy atom. The molecule has 0 amide bonds. The minimum absolute atomic E-state index is 0.0350. The van der Waals surface area contributed by atoms with Crippen molar-refractivity contribution in [2.24, 2.45) is 0 Å². The van der Waals surface area contributed by atoms with Gasteiger partial charge in [0.2, 0.25) is 0 Å². The molecule has 0 unspecified atom stereocenters. The third-order valence-corrected chi connectivity index (χ3v) is 3.48. The van der Waals surface area contributed by atoms with Gasteiger partial charge in [-0.25, -0.2) is 4.39 Å². The molecule has 0 saturated heterocycles. The molecule has 0 N–H and O–H groups in total. The maximum Gasteiger partial charge on any atom is 0.157 e. The fraction of sp³-hybridized carbons (Fsp3) is 0.0556. The molecule has 23 heavy (non-hydrogen) atoms. The number of benzene rings is 2. The van der Waals surface area contributed by atoms with Crippen LogP contribution in [0.3, 0.4) is 0 Å². The molecule has 0 saturated carbocycles. The topological polar surface area (TPSA) is 33.0 Å². The molecule has 0 aliphatic carbocycles. The van der Waals surface area contributed by atoms with Crippen molar-refractivity contribution < 1.29 is 9.13 Å². The molecular formula is C18H10Cl2FNO. The molecule has 0 aliphatic rings. The van der Waals surface area contributed by atoms with E-state index in [4.69, 9.17) is 34.4 Å². The first-order chi connectivity index (χ1) is 11.1. The van der Waals surface area contributed by atoms with E-state index in [1.165, 1.54) is 18.2 Å². The van der Waals surface area contributed by atoms with Gasteiger partial charge in [-0.3, -0.25) is 0 Å². The van der Waals surface area contributed by atoms with Gasteiger partial charge in [0.1, 0.15) is 12.4 Å². The second-order valence-electron chi connectivity index (χ2n) is 4.46. The number of halogens is 3. The van der Waals surface area contributed by atoms with Gasteiger partial charge in [0.25, 0.3) is 0 Å². The summed E-state index contributed by atoms with van der Waals surface area (Å²) in [6, 6.07) is 11.1. The van der Waals surface area contributed by atoms with Gasteiger partial charge in [-0.15, -0.1) is 6.42 Å². The largest absolute Gasteiger partial charge is 0.478 e. The first-order valence-electron chi connectivity index (χ1n) is 6.48. The van der Waals surface area contributed by atoms with Crippen LogP contribution in [0.4, 0.5) is 4.39 Å². The minimum Gasteiger partial charge on any atom is -0.478 e. The number of allylic oxidation sites excluding steroid dienone is 1. The molecule has 0 spiro atoms. The zero-order chi connectivity index (χ0) is 16.8. The summed E-state index contributed by atoms with van der Waals surface area (Å²) in [5, 5.41) is 9.79. The molecule has 2 aromatic rings. The summed E-state index contributed by atoms with van der Waals surface area (Å²) in [4.78, 5) is 0. The van der Waals surface area contributed by atoms with Crippen LogP contribution in [0.1, 0.15) is 11.1 Å². The van der Waals surface area contributed by atoms with E-state index < -0.39 is 5.82 Å². The van der Waals surface area contributed by atoms with Gasteiger partial charge in [0.15, 0.2) is 5.75 Å². The predicted octanol–water partition coefficient (Wildman–Crippen LogP) is 5.21. The Morgan fingerprint density at radius 1 is 1.26 bits per heavy atom. The molecule has 0 aliphatic heterocycles. The minimum atomic E-state index is -0.480. The van der Waals surface area contributed by atoms with E-state index in [0.717, 1.165) is 0 Å². The average Bonchev–Trinajstić information content (AvgIpc) is 2.53. The lowest BCUT2D eigenvalue weighted by atomic mass is 10.0. The fourth-order valence-electron chi connectivity index (χ4n) is 1.93. The summed E-state index contributed by atoms with van der Waals surface area (Å²) in [7, 11) is 0. The van der Waals surface area contributed by atoms with Crippen LogP contribution in [-0.4, -0.2) is 6.61 Å². The number of nitrogens with zero attached hydrogens (tertiary/aromatic N) is 1. The van der Waals surface area contributed by atoms with Crippen molar-refractivity contribution in [3.63, 3.8) is 0 Å². The number of nitriles is 1. The van der Waals surface area contributed by atoms with Gasteiger partial charge in [0.05, 0.1) is 21.7 Å². The lowest BCUT2D eigenvalue weighted by Gasteiger charge is -2.09. The second-order valence-corrected chi connectivity index (χ2v) is 5.27. The van der Waals surface area contributed by atoms with Gasteiger partial charge in [0, 0.05) is 5.56 Å². The van der Waals surface area contributed by atoms with E-state index in [0.29, 0.717) is 5.56 Å².